The predicted octanol–water partition coefficient (Wildman–Crippen LogP) is 2.61. The van der Waals surface area contributed by atoms with Crippen LogP contribution in [0.4, 0.5) is 0 Å². The molecule has 1 aromatic heterocycles. The van der Waals surface area contributed by atoms with Crippen molar-refractivity contribution >= 4 is 11.0 Å². The van der Waals surface area contributed by atoms with Crippen LogP contribution < -0.4 is 5.56 Å². The molecule has 0 saturated carbocycles. The van der Waals surface area contributed by atoms with Crippen LogP contribution in [0.2, 0.25) is 0 Å². The molecule has 1 N–H and O–H groups in total. The lowest BCUT2D eigenvalue weighted by Gasteiger charge is -2.20. The van der Waals surface area contributed by atoms with Crippen molar-refractivity contribution in [2.24, 2.45) is 0 Å². The van der Waals surface area contributed by atoms with Gasteiger partial charge in [-0.25, -0.2) is 4.98 Å². The molecule has 0 aliphatic heterocycles. The van der Waals surface area contributed by atoms with Gasteiger partial charge in [0.1, 0.15) is 5.69 Å². The number of aromatic amines is 1. The highest BCUT2D eigenvalue weighted by molar-refractivity contribution is 5.73. The molecule has 2 rings (SSSR count). The molecule has 2 aromatic rings. The summed E-state index contributed by atoms with van der Waals surface area (Å²) in [6, 6.07) is 7.61. The number of hydrogen-bond donors (Lipinski definition) is 1. The Kier molecular flexibility index (Phi) is 2.54. The van der Waals surface area contributed by atoms with Gasteiger partial charge in [-0.1, -0.05) is 32.9 Å². The quantitative estimate of drug-likeness (QED) is 0.838. The largest absolute Gasteiger partial charge is 0.319 e. The molecule has 0 saturated heterocycles. The molecule has 3 nitrogen and oxygen atoms in total. The second-order valence-corrected chi connectivity index (χ2v) is 4.67. The maximum atomic E-state index is 11.9. The highest BCUT2D eigenvalue weighted by Crippen LogP contribution is 2.22. The van der Waals surface area contributed by atoms with Crippen molar-refractivity contribution in [2.75, 3.05) is 0 Å². The van der Waals surface area contributed by atoms with Gasteiger partial charge in [0.25, 0.3) is 5.56 Å². The van der Waals surface area contributed by atoms with E-state index in [1.165, 1.54) is 0 Å². The van der Waals surface area contributed by atoms with E-state index in [-0.39, 0.29) is 11.0 Å². The Hall–Kier alpha value is -1.64. The lowest BCUT2D eigenvalue weighted by molar-refractivity contribution is 0.485. The number of rotatable bonds is 2. The Bertz CT molecular complexity index is 569. The maximum absolute atomic E-state index is 11.9. The van der Waals surface area contributed by atoms with Crippen LogP contribution in [0.15, 0.2) is 29.1 Å². The van der Waals surface area contributed by atoms with Gasteiger partial charge < -0.3 is 4.98 Å². The van der Waals surface area contributed by atoms with Gasteiger partial charge in [-0.3, -0.25) is 4.79 Å². The Morgan fingerprint density at radius 2 is 2.00 bits per heavy atom. The van der Waals surface area contributed by atoms with E-state index in [1.807, 2.05) is 38.1 Å². The molecule has 84 valence electrons. The second-order valence-electron chi connectivity index (χ2n) is 4.67. The fourth-order valence-electron chi connectivity index (χ4n) is 1.66. The Morgan fingerprint density at radius 1 is 1.31 bits per heavy atom. The van der Waals surface area contributed by atoms with Crippen molar-refractivity contribution in [3.8, 4) is 0 Å². The average Bonchev–Trinajstić information content (AvgIpc) is 2.28. The van der Waals surface area contributed by atoms with E-state index in [9.17, 15) is 4.79 Å². The summed E-state index contributed by atoms with van der Waals surface area (Å²) in [5, 5.41) is 0. The summed E-state index contributed by atoms with van der Waals surface area (Å²) >= 11 is 0. The predicted molar refractivity (Wildman–Crippen MR) is 65.7 cm³/mol. The van der Waals surface area contributed by atoms with Crippen LogP contribution in [0.25, 0.3) is 11.0 Å². The number of para-hydroxylation sites is 2. The van der Waals surface area contributed by atoms with Gasteiger partial charge in [0.15, 0.2) is 0 Å². The van der Waals surface area contributed by atoms with E-state index in [1.54, 1.807) is 0 Å². The minimum atomic E-state index is -0.183. The molecule has 0 atom stereocenters. The minimum absolute atomic E-state index is 0.0782. The fraction of sp³-hybridized carbons (Fsp3) is 0.385. The molecular weight excluding hydrogens is 200 g/mol. The molecular formula is C13H16N2O. The number of nitrogens with one attached hydrogen (secondary N) is 1. The summed E-state index contributed by atoms with van der Waals surface area (Å²) in [5.74, 6) is 0. The highest BCUT2D eigenvalue weighted by Gasteiger charge is 2.23. The Morgan fingerprint density at radius 3 is 2.69 bits per heavy atom. The van der Waals surface area contributed by atoms with E-state index >= 15 is 0 Å². The van der Waals surface area contributed by atoms with Crippen LogP contribution in [0, 0.1) is 0 Å². The molecule has 0 radical (unpaired) electrons. The molecule has 0 fully saturated rings. The normalized spacial score (nSPS) is 11.9. The SMILES string of the molecule is CCC(C)(C)c1nc2ccccc2[nH]c1=O. The molecule has 3 heteroatoms. The van der Waals surface area contributed by atoms with E-state index in [2.05, 4.69) is 16.9 Å². The Balaban J connectivity index is 2.73. The van der Waals surface area contributed by atoms with Gasteiger partial charge in [-0.15, -0.1) is 0 Å². The molecule has 16 heavy (non-hydrogen) atoms. The van der Waals surface area contributed by atoms with Gasteiger partial charge >= 0.3 is 0 Å². The molecule has 0 spiro atoms. The fourth-order valence-corrected chi connectivity index (χ4v) is 1.66. The average molecular weight is 216 g/mol. The number of fused-ring (bicyclic) bond motifs is 1. The zero-order valence-corrected chi connectivity index (χ0v) is 9.87. The third kappa shape index (κ3) is 1.73. The van der Waals surface area contributed by atoms with E-state index in [4.69, 9.17) is 0 Å². The minimum Gasteiger partial charge on any atom is -0.319 e. The molecule has 1 heterocycles. The molecule has 1 aromatic carbocycles. The molecule has 0 aliphatic rings. The Labute approximate surface area is 94.5 Å². The van der Waals surface area contributed by atoms with Crippen molar-refractivity contribution in [2.45, 2.75) is 32.6 Å². The number of hydrogen-bond acceptors (Lipinski definition) is 2. The van der Waals surface area contributed by atoms with Crippen LogP contribution in [0.5, 0.6) is 0 Å². The van der Waals surface area contributed by atoms with Crippen LogP contribution in [-0.4, -0.2) is 9.97 Å². The zero-order valence-electron chi connectivity index (χ0n) is 9.87. The van der Waals surface area contributed by atoms with Crippen LogP contribution >= 0.6 is 0 Å². The topological polar surface area (TPSA) is 45.8 Å². The molecule has 0 unspecified atom stereocenters. The smallest absolute Gasteiger partial charge is 0.270 e. The molecule has 0 aliphatic carbocycles. The van der Waals surface area contributed by atoms with Gasteiger partial charge in [-0.2, -0.15) is 0 Å². The van der Waals surface area contributed by atoms with Crippen LogP contribution in [-0.2, 0) is 5.41 Å². The first-order valence-electron chi connectivity index (χ1n) is 5.54. The van der Waals surface area contributed by atoms with E-state index in [0.717, 1.165) is 17.5 Å². The van der Waals surface area contributed by atoms with Crippen molar-refractivity contribution in [1.82, 2.24) is 9.97 Å². The number of nitrogens with zero attached hydrogens (tertiary/aromatic N) is 1. The van der Waals surface area contributed by atoms with Gasteiger partial charge in [0.05, 0.1) is 11.0 Å². The molecule has 0 amide bonds. The maximum Gasteiger partial charge on any atom is 0.270 e. The van der Waals surface area contributed by atoms with Crippen molar-refractivity contribution in [3.63, 3.8) is 0 Å². The lowest BCUT2D eigenvalue weighted by atomic mass is 9.86. The first kappa shape index (κ1) is 10.9. The van der Waals surface area contributed by atoms with Crippen LogP contribution in [0.1, 0.15) is 32.9 Å². The lowest BCUT2D eigenvalue weighted by Crippen LogP contribution is -2.28. The van der Waals surface area contributed by atoms with Crippen LogP contribution in [0.3, 0.4) is 0 Å². The monoisotopic (exact) mass is 216 g/mol. The zero-order chi connectivity index (χ0) is 11.8. The summed E-state index contributed by atoms with van der Waals surface area (Å²) in [6.07, 6.45) is 0.890. The number of H-pyrrole nitrogens is 1. The number of aromatic nitrogens is 2. The van der Waals surface area contributed by atoms with Gasteiger partial charge in [0.2, 0.25) is 0 Å². The summed E-state index contributed by atoms with van der Waals surface area (Å²) in [4.78, 5) is 19.3. The van der Waals surface area contributed by atoms with Crippen molar-refractivity contribution in [1.29, 1.82) is 0 Å². The molecule has 0 bridgehead atoms. The van der Waals surface area contributed by atoms with E-state index < -0.39 is 0 Å². The standard InChI is InChI=1S/C13H16N2O/c1-4-13(2,3)11-12(16)15-10-8-6-5-7-9(10)14-11/h5-8H,4H2,1-3H3,(H,15,16). The summed E-state index contributed by atoms with van der Waals surface area (Å²) in [5.41, 5.74) is 2.00. The van der Waals surface area contributed by atoms with Gasteiger partial charge in [-0.05, 0) is 18.6 Å². The third-order valence-corrected chi connectivity index (χ3v) is 3.12. The van der Waals surface area contributed by atoms with Crippen molar-refractivity contribution < 1.29 is 0 Å². The summed E-state index contributed by atoms with van der Waals surface area (Å²) in [7, 11) is 0. The summed E-state index contributed by atoms with van der Waals surface area (Å²) < 4.78 is 0. The highest BCUT2D eigenvalue weighted by atomic mass is 16.1. The number of benzene rings is 1. The second kappa shape index (κ2) is 3.74. The first-order valence-corrected chi connectivity index (χ1v) is 5.54. The summed E-state index contributed by atoms with van der Waals surface area (Å²) in [6.45, 7) is 6.15. The third-order valence-electron chi connectivity index (χ3n) is 3.12. The van der Waals surface area contributed by atoms with E-state index in [0.29, 0.717) is 5.69 Å². The van der Waals surface area contributed by atoms with Gasteiger partial charge in [0, 0.05) is 5.41 Å². The van der Waals surface area contributed by atoms with Crippen molar-refractivity contribution in [3.05, 3.63) is 40.3 Å². The first-order chi connectivity index (χ1) is 7.54.